The Morgan fingerprint density at radius 1 is 0.304 bits per heavy atom. The van der Waals surface area contributed by atoms with E-state index in [-0.39, 0.29) is 42.3 Å². The number of aryl methyl sites for hydroxylation is 4. The molecule has 0 fully saturated rings. The second kappa shape index (κ2) is 28.5. The van der Waals surface area contributed by atoms with E-state index < -0.39 is 235 Å². The minimum Gasteiger partial charge on any atom is -0.507 e. The zero-order valence-electron chi connectivity index (χ0n) is 58.2. The van der Waals surface area contributed by atoms with E-state index in [0.29, 0.717) is 22.3 Å². The minimum atomic E-state index is -5.85. The van der Waals surface area contributed by atoms with Crippen molar-refractivity contribution in [2.45, 2.75) is 102 Å². The lowest BCUT2D eigenvalue weighted by molar-refractivity contribution is -0.189. The molecular weight excluding hydrogens is 1500 g/mol. The zero-order valence-corrected chi connectivity index (χ0v) is 58.2. The number of benzene rings is 8. The number of phenolic OH excluding ortho intramolecular Hbond substituents is 4. The topological polar surface area (TPSA) is 328 Å². The fourth-order valence-electron chi connectivity index (χ4n) is 13.3. The predicted octanol–water partition coefficient (Wildman–Crippen LogP) is 10.1. The summed E-state index contributed by atoms with van der Waals surface area (Å²) in [4.78, 5) is 114. The van der Waals surface area contributed by atoms with Crippen LogP contribution in [0.25, 0.3) is 0 Å². The lowest BCUT2D eigenvalue weighted by Crippen LogP contribution is -2.52. The Hall–Kier alpha value is -13.4. The molecule has 5 aliphatic rings. The van der Waals surface area contributed by atoms with Crippen molar-refractivity contribution in [2.24, 2.45) is 20.4 Å². The number of amidine groups is 4. The first kappa shape index (κ1) is 76.7. The van der Waals surface area contributed by atoms with Gasteiger partial charge in [-0.15, -0.1) is 0 Å². The lowest BCUT2D eigenvalue weighted by atomic mass is 9.86. The van der Waals surface area contributed by atoms with Gasteiger partial charge in [-0.2, -0.15) is 73.1 Å². The van der Waals surface area contributed by atoms with Gasteiger partial charge in [0.2, 0.25) is 0 Å². The highest BCUT2D eigenvalue weighted by molar-refractivity contribution is 6.15. The largest absolute Gasteiger partial charge is 0.507 e. The number of carbonyl (C=O) groups is 8. The van der Waals surface area contributed by atoms with Crippen LogP contribution in [-0.4, -0.2) is 136 Å². The molecular formula is C76H56F12N12O12. The Labute approximate surface area is 623 Å². The van der Waals surface area contributed by atoms with E-state index in [1.165, 1.54) is 97.1 Å². The summed E-state index contributed by atoms with van der Waals surface area (Å²) in [5.41, 5.74) is -5.81. The van der Waals surface area contributed by atoms with Crippen molar-refractivity contribution in [3.8, 4) is 23.0 Å². The fraction of sp³-hybridized carbons (Fsp3) is 0.211. The Bertz CT molecular complexity index is 4690. The smallest absolute Gasteiger partial charge is 0.473 e. The van der Waals surface area contributed by atoms with E-state index in [9.17, 15) is 58.8 Å². The molecule has 8 amide bonds. The molecule has 4 unspecified atom stereocenters. The van der Waals surface area contributed by atoms with Gasteiger partial charge in [0.25, 0.3) is 23.6 Å². The summed E-state index contributed by atoms with van der Waals surface area (Å²) in [5.74, 6) is -23.4. The number of nitrogens with one attached hydrogen (secondary N) is 4. The van der Waals surface area contributed by atoms with E-state index in [4.69, 9.17) is 0 Å². The summed E-state index contributed by atoms with van der Waals surface area (Å²) in [7, 11) is 0. The van der Waals surface area contributed by atoms with Crippen LogP contribution in [0.15, 0.2) is 166 Å². The van der Waals surface area contributed by atoms with Gasteiger partial charge in [-0.25, -0.2) is 20.0 Å². The Morgan fingerprint density at radius 2 is 0.455 bits per heavy atom. The number of hydrogen-bond donors (Lipinski definition) is 8. The summed E-state index contributed by atoms with van der Waals surface area (Å²) in [6.45, 7) is 6.57. The van der Waals surface area contributed by atoms with E-state index in [1.54, 1.807) is 27.7 Å². The van der Waals surface area contributed by atoms with Crippen LogP contribution >= 0.6 is 0 Å². The van der Waals surface area contributed by atoms with Crippen LogP contribution in [0.3, 0.4) is 0 Å². The molecule has 0 radical (unpaired) electrons. The minimum absolute atomic E-state index is 0.0382. The third kappa shape index (κ3) is 15.0. The fourth-order valence-corrected chi connectivity index (χ4v) is 13.3. The van der Waals surface area contributed by atoms with E-state index >= 15 is 52.7 Å². The van der Waals surface area contributed by atoms with Gasteiger partial charge in [0.1, 0.15) is 23.0 Å². The number of rotatable bonds is 8. The molecule has 8 aromatic rings. The SMILES string of the molecule is Cc1ccc(C2=NN(C(=O)C(F)(F)F)C(c3cc4c(O)c(c3)Cc3cc(C5C(=O)NC(c6ccc(C)cc6)=NN5C(=O)C(F)(F)F)cc(c3O)Cc3cc(C5C(=O)NC(c6ccc(C)cc6)=NN5C(=O)C(F)(F)F)cc(c3O)Cc3cc(C5C(=O)NC(c6ccc(C)cc6)=NN5C(=O)C(F)(F)F)cc(c3O)C4)C(=O)N2)cc1. The highest BCUT2D eigenvalue weighted by Gasteiger charge is 2.54. The molecule has 0 spiro atoms. The third-order valence-corrected chi connectivity index (χ3v) is 18.8. The van der Waals surface area contributed by atoms with Crippen LogP contribution in [0.5, 0.6) is 23.0 Å². The molecule has 0 saturated heterocycles. The normalized spacial score (nSPS) is 18.3. The van der Waals surface area contributed by atoms with Crippen molar-refractivity contribution in [3.63, 3.8) is 0 Å². The number of carbonyl (C=O) groups excluding carboxylic acids is 8. The van der Waals surface area contributed by atoms with Gasteiger partial charge in [0, 0.05) is 47.9 Å². The number of aromatic hydroxyl groups is 4. The molecule has 4 atom stereocenters. The van der Waals surface area contributed by atoms with Gasteiger partial charge in [-0.1, -0.05) is 119 Å². The average Bonchev–Trinajstić information content (AvgIpc) is 0.760. The molecule has 8 aromatic carbocycles. The second-order valence-corrected chi connectivity index (χ2v) is 26.9. The van der Waals surface area contributed by atoms with Crippen molar-refractivity contribution in [3.05, 3.63) is 257 Å². The molecule has 0 saturated carbocycles. The molecule has 13 rings (SSSR count). The highest BCUT2D eigenvalue weighted by atomic mass is 19.4. The van der Waals surface area contributed by atoms with Crippen molar-refractivity contribution < 1.29 is 111 Å². The number of fused-ring (bicyclic) bond motifs is 8. The summed E-state index contributed by atoms with van der Waals surface area (Å²) in [6, 6.07) is 18.6. The van der Waals surface area contributed by atoms with Gasteiger partial charge in [0.05, 0.1) is 0 Å². The number of alkyl halides is 12. The van der Waals surface area contributed by atoms with Gasteiger partial charge in [-0.3, -0.25) is 38.4 Å². The van der Waals surface area contributed by atoms with E-state index in [0.717, 1.165) is 48.5 Å². The number of amides is 8. The number of hydrogen-bond acceptors (Lipinski definition) is 16. The third-order valence-electron chi connectivity index (χ3n) is 18.8. The van der Waals surface area contributed by atoms with Gasteiger partial charge < -0.3 is 41.7 Å². The molecule has 8 N–H and O–H groups in total. The van der Waals surface area contributed by atoms with Crippen molar-refractivity contribution >= 4 is 70.6 Å². The maximum atomic E-state index is 15.0. The highest BCUT2D eigenvalue weighted by Crippen LogP contribution is 2.46. The lowest BCUT2D eigenvalue weighted by Gasteiger charge is -2.33. The predicted molar refractivity (Wildman–Crippen MR) is 370 cm³/mol. The molecule has 36 heteroatoms. The van der Waals surface area contributed by atoms with Crippen LogP contribution in [0.2, 0.25) is 0 Å². The Kier molecular flexibility index (Phi) is 19.5. The van der Waals surface area contributed by atoms with Crippen LogP contribution in [0.4, 0.5) is 52.7 Å². The monoisotopic (exact) mass is 1560 g/mol. The molecule has 576 valence electrons. The molecule has 1 aliphatic carbocycles. The van der Waals surface area contributed by atoms with Crippen LogP contribution in [0.1, 0.15) is 135 Å². The number of nitrogens with zero attached hydrogens (tertiary/aromatic N) is 8. The number of hydrazone groups is 4. The molecule has 8 bridgehead atoms. The van der Waals surface area contributed by atoms with Gasteiger partial charge >= 0.3 is 48.3 Å². The first-order chi connectivity index (χ1) is 52.6. The van der Waals surface area contributed by atoms with Crippen molar-refractivity contribution in [2.75, 3.05) is 0 Å². The van der Waals surface area contributed by atoms with E-state index in [2.05, 4.69) is 41.7 Å². The number of phenols is 4. The van der Waals surface area contributed by atoms with Crippen molar-refractivity contribution in [1.82, 2.24) is 41.3 Å². The summed E-state index contributed by atoms with van der Waals surface area (Å²) in [6.07, 6.45) is -27.8. The molecule has 4 aliphatic heterocycles. The molecule has 112 heavy (non-hydrogen) atoms. The quantitative estimate of drug-likeness (QED) is 0.0659. The van der Waals surface area contributed by atoms with Crippen LogP contribution < -0.4 is 21.3 Å². The standard InChI is InChI=1S/C76H56F12N12O12/c1-33-5-13-37(14-6-33)61-89-65(105)53(97(93-61)69(109)73(77,78)79)41-21-45-29-47-23-42(54-66(106)90-62(38-15-7-34(2)8-16-38)94-98(54)70(110)74(80,81)82)25-49(58(47)102)31-51-27-44(56-68(108)92-64(40-19-11-36(4)12-20-40)96-100(56)72(112)76(86,87)88)28-52(60(51)104)32-50-26-43(24-48(59(50)103)30-46(22-41)57(45)101)55-67(107)91-63(39-17-9-35(3)10-18-39)95-99(55)71(111)75(83,84)85/h5-28,53-56,101-104H,29-32H2,1-4H3,(H,89,93,105)(H,90,94,106)(H,91,95,107)(H,92,96,108). The molecule has 4 heterocycles. The van der Waals surface area contributed by atoms with Crippen LogP contribution in [-0.2, 0) is 64.0 Å². The summed E-state index contributed by atoms with van der Waals surface area (Å²) < 4.78 is 180. The van der Waals surface area contributed by atoms with Gasteiger partial charge in [0.15, 0.2) is 47.5 Å². The zero-order chi connectivity index (χ0) is 80.9. The molecule has 24 nitrogen and oxygen atoms in total. The van der Waals surface area contributed by atoms with E-state index in [1.807, 2.05) is 0 Å². The second-order valence-electron chi connectivity index (χ2n) is 26.9. The van der Waals surface area contributed by atoms with Crippen molar-refractivity contribution in [1.29, 1.82) is 0 Å². The van der Waals surface area contributed by atoms with Crippen LogP contribution in [0, 0.1) is 27.7 Å². The molecule has 0 aromatic heterocycles. The Balaban J connectivity index is 1.09. The first-order valence-electron chi connectivity index (χ1n) is 33.5. The first-order valence-corrected chi connectivity index (χ1v) is 33.5. The summed E-state index contributed by atoms with van der Waals surface area (Å²) in [5, 5.41) is 75.4. The maximum Gasteiger partial charge on any atom is 0.473 e. The average molecular weight is 1560 g/mol. The summed E-state index contributed by atoms with van der Waals surface area (Å²) >= 11 is 0. The number of halogens is 12. The maximum absolute atomic E-state index is 15.0. The van der Waals surface area contributed by atoms with Gasteiger partial charge in [-0.05, 0) is 143 Å². The Morgan fingerprint density at radius 3 is 0.598 bits per heavy atom.